The lowest BCUT2D eigenvalue weighted by atomic mass is 10.2. The minimum atomic E-state index is -4.71. The Hall–Kier alpha value is -1.89. The highest BCUT2D eigenvalue weighted by atomic mass is 35.5. The maximum atomic E-state index is 14.7. The zero-order valence-corrected chi connectivity index (χ0v) is 22.2. The third kappa shape index (κ3) is 8.33. The smallest absolute Gasteiger partial charge is 0.469 e. The van der Waals surface area contributed by atoms with Gasteiger partial charge in [-0.2, -0.15) is 0 Å². The fourth-order valence-corrected chi connectivity index (χ4v) is 4.52. The van der Waals surface area contributed by atoms with Crippen molar-refractivity contribution in [2.75, 3.05) is 11.9 Å². The minimum absolute atomic E-state index is 0. The van der Waals surface area contributed by atoms with E-state index >= 15 is 0 Å². The zero-order valence-electron chi connectivity index (χ0n) is 18.9. The van der Waals surface area contributed by atoms with Gasteiger partial charge in [0.05, 0.1) is 17.2 Å². The molecule has 3 rings (SSSR count). The highest BCUT2D eigenvalue weighted by molar-refractivity contribution is 7.46. The van der Waals surface area contributed by atoms with Gasteiger partial charge in [0, 0.05) is 29.4 Å². The average molecular weight is 568 g/mol. The van der Waals surface area contributed by atoms with Gasteiger partial charge in [-0.1, -0.05) is 22.9 Å². The molecule has 0 spiro atoms. The molecule has 0 radical (unpaired) electrons. The van der Waals surface area contributed by atoms with E-state index in [9.17, 15) is 8.96 Å². The molecule has 15 heteroatoms. The molecule has 2 heterocycles. The lowest BCUT2D eigenvalue weighted by molar-refractivity contribution is 0.106. The maximum Gasteiger partial charge on any atom is 0.469 e. The number of phosphoric acid groups is 1. The molecule has 5 N–H and O–H groups in total. The Morgan fingerprint density at radius 3 is 2.51 bits per heavy atom. The fraction of sp³-hybridized carbons (Fsp3) is 0.350. The molecular formula is C20H25Cl2FN5O5PS. The highest BCUT2D eigenvalue weighted by Crippen LogP contribution is 2.39. The normalized spacial score (nSPS) is 13.3. The van der Waals surface area contributed by atoms with Gasteiger partial charge in [0.25, 0.3) is 0 Å². The van der Waals surface area contributed by atoms with E-state index in [1.165, 1.54) is 30.4 Å². The van der Waals surface area contributed by atoms with Crippen molar-refractivity contribution in [2.24, 2.45) is 5.73 Å². The second kappa shape index (κ2) is 12.4. The van der Waals surface area contributed by atoms with E-state index in [0.717, 1.165) is 11.4 Å². The fourth-order valence-electron chi connectivity index (χ4n) is 2.77. The molecule has 1 aromatic carbocycles. The highest BCUT2D eigenvalue weighted by Gasteiger charge is 2.25. The third-order valence-corrected chi connectivity index (χ3v) is 6.39. The number of nitrogens with one attached hydrogen (secondary N) is 1. The number of nitrogens with two attached hydrogens (primary N) is 1. The molecule has 0 unspecified atom stereocenters. The Kier molecular flexibility index (Phi) is 10.4. The summed E-state index contributed by atoms with van der Waals surface area (Å²) in [5.41, 5.74) is 6.89. The molecule has 0 amide bonds. The van der Waals surface area contributed by atoms with Gasteiger partial charge in [0.15, 0.2) is 11.6 Å². The van der Waals surface area contributed by atoms with Gasteiger partial charge >= 0.3 is 7.82 Å². The van der Waals surface area contributed by atoms with Crippen molar-refractivity contribution in [1.82, 2.24) is 15.2 Å². The largest absolute Gasteiger partial charge is 0.489 e. The van der Waals surface area contributed by atoms with Crippen molar-refractivity contribution in [3.8, 4) is 26.9 Å². The third-order valence-electron chi connectivity index (χ3n) is 4.46. The predicted octanol–water partition coefficient (Wildman–Crippen LogP) is 4.51. The monoisotopic (exact) mass is 567 g/mol. The SMILES string of the molecule is CC(C)Nc1ccc(-c2nnc(-c3cc(F)c(OC[C@H](N)[C@H](C)OP(=O)(O)O)cc3Cl)s2)cn1.Cl. The number of ether oxygens (including phenoxy) is 1. The summed E-state index contributed by atoms with van der Waals surface area (Å²) in [6.07, 6.45) is 0.650. The number of rotatable bonds is 10. The maximum absolute atomic E-state index is 14.7. The molecule has 3 aromatic rings. The van der Waals surface area contributed by atoms with Crippen LogP contribution in [-0.4, -0.2) is 49.8 Å². The summed E-state index contributed by atoms with van der Waals surface area (Å²) in [5.74, 6) is -0.140. The Balaban J connectivity index is 0.00000432. The number of hydrogen-bond donors (Lipinski definition) is 4. The molecule has 0 bridgehead atoms. The van der Waals surface area contributed by atoms with Crippen molar-refractivity contribution in [1.29, 1.82) is 0 Å². The van der Waals surface area contributed by atoms with Crippen LogP contribution < -0.4 is 15.8 Å². The van der Waals surface area contributed by atoms with Crippen LogP contribution in [0.5, 0.6) is 5.75 Å². The first-order chi connectivity index (χ1) is 15.9. The van der Waals surface area contributed by atoms with E-state index in [0.29, 0.717) is 15.6 Å². The van der Waals surface area contributed by atoms with Crippen LogP contribution in [0, 0.1) is 5.82 Å². The molecule has 0 aliphatic carbocycles. The van der Waals surface area contributed by atoms with Gasteiger partial charge < -0.3 is 25.6 Å². The summed E-state index contributed by atoms with van der Waals surface area (Å²) < 4.78 is 35.5. The Morgan fingerprint density at radius 2 is 1.91 bits per heavy atom. The number of benzene rings is 1. The first-order valence-electron chi connectivity index (χ1n) is 10.1. The number of phosphoric ester groups is 1. The van der Waals surface area contributed by atoms with E-state index in [-0.39, 0.29) is 35.8 Å². The van der Waals surface area contributed by atoms with Gasteiger partial charge in [-0.3, -0.25) is 4.52 Å². The second-order valence-electron chi connectivity index (χ2n) is 7.68. The number of hydrogen-bond acceptors (Lipinski definition) is 9. The van der Waals surface area contributed by atoms with E-state index < -0.39 is 25.8 Å². The van der Waals surface area contributed by atoms with Crippen molar-refractivity contribution >= 4 is 49.0 Å². The Morgan fingerprint density at radius 1 is 1.23 bits per heavy atom. The molecule has 0 saturated carbocycles. The van der Waals surface area contributed by atoms with Crippen LogP contribution in [0.1, 0.15) is 20.8 Å². The second-order valence-corrected chi connectivity index (χ2v) is 10.3. The van der Waals surface area contributed by atoms with Crippen LogP contribution in [0.3, 0.4) is 0 Å². The van der Waals surface area contributed by atoms with Crippen molar-refractivity contribution < 1.29 is 28.0 Å². The first-order valence-corrected chi connectivity index (χ1v) is 12.8. The topological polar surface area (TPSA) is 153 Å². The minimum Gasteiger partial charge on any atom is -0.489 e. The lowest BCUT2D eigenvalue weighted by Crippen LogP contribution is -2.39. The lowest BCUT2D eigenvalue weighted by Gasteiger charge is -2.21. The van der Waals surface area contributed by atoms with E-state index in [1.807, 2.05) is 26.0 Å². The Labute approximate surface area is 216 Å². The van der Waals surface area contributed by atoms with Gasteiger partial charge in [-0.05, 0) is 39.0 Å². The van der Waals surface area contributed by atoms with Crippen LogP contribution in [0.25, 0.3) is 21.1 Å². The number of aromatic nitrogens is 3. The summed E-state index contributed by atoms with van der Waals surface area (Å²) in [4.78, 5) is 22.1. The van der Waals surface area contributed by atoms with Crippen LogP contribution in [0.15, 0.2) is 30.5 Å². The van der Waals surface area contributed by atoms with Crippen molar-refractivity contribution in [3.63, 3.8) is 0 Å². The number of anilines is 1. The summed E-state index contributed by atoms with van der Waals surface area (Å²) in [6, 6.07) is 5.49. The molecule has 0 aliphatic heterocycles. The molecule has 2 aromatic heterocycles. The molecule has 2 atom stereocenters. The number of pyridine rings is 1. The van der Waals surface area contributed by atoms with E-state index in [2.05, 4.69) is 25.0 Å². The molecule has 35 heavy (non-hydrogen) atoms. The Bertz CT molecular complexity index is 1180. The summed E-state index contributed by atoms with van der Waals surface area (Å²) in [7, 11) is -4.71. The molecule has 192 valence electrons. The van der Waals surface area contributed by atoms with Gasteiger partial charge in [-0.25, -0.2) is 13.9 Å². The van der Waals surface area contributed by atoms with E-state index in [4.69, 9.17) is 31.9 Å². The van der Waals surface area contributed by atoms with Crippen LogP contribution >= 0.6 is 43.2 Å². The van der Waals surface area contributed by atoms with Gasteiger partial charge in [-0.15, -0.1) is 22.6 Å². The van der Waals surface area contributed by atoms with Crippen LogP contribution in [0.4, 0.5) is 10.2 Å². The quantitative estimate of drug-likeness (QED) is 0.257. The molecule has 10 nitrogen and oxygen atoms in total. The molecule has 0 saturated heterocycles. The van der Waals surface area contributed by atoms with Crippen LogP contribution in [0.2, 0.25) is 5.02 Å². The average Bonchev–Trinajstić information content (AvgIpc) is 3.22. The summed E-state index contributed by atoms with van der Waals surface area (Å²) in [6.45, 7) is 5.14. The zero-order chi connectivity index (χ0) is 25.0. The van der Waals surface area contributed by atoms with E-state index in [1.54, 1.807) is 6.20 Å². The van der Waals surface area contributed by atoms with Gasteiger partial charge in [0.2, 0.25) is 0 Å². The van der Waals surface area contributed by atoms with Gasteiger partial charge in [0.1, 0.15) is 22.4 Å². The standard InChI is InChI=1S/C20H24ClFN5O5PS.ClH/c1-10(2)25-18-5-4-12(8-24-18)19-26-27-20(34-19)13-6-15(22)17(7-14(13)21)31-9-16(23)11(3)32-33(28,29)30;/h4-8,10-11,16H,9,23H2,1-3H3,(H,24,25)(H2,28,29,30);1H/t11-,16-;/m0./s1. The van der Waals surface area contributed by atoms with Crippen LogP contribution in [-0.2, 0) is 9.09 Å². The number of halogens is 3. The van der Waals surface area contributed by atoms with Crippen molar-refractivity contribution in [2.45, 2.75) is 39.0 Å². The molecule has 0 aliphatic rings. The first kappa shape index (κ1) is 29.3. The summed E-state index contributed by atoms with van der Waals surface area (Å²) in [5, 5.41) is 12.7. The number of nitrogens with zero attached hydrogens (tertiary/aromatic N) is 3. The van der Waals surface area contributed by atoms with Crippen molar-refractivity contribution in [3.05, 3.63) is 41.3 Å². The molecule has 0 fully saturated rings. The summed E-state index contributed by atoms with van der Waals surface area (Å²) >= 11 is 7.57. The molecular weight excluding hydrogens is 543 g/mol. The predicted molar refractivity (Wildman–Crippen MR) is 136 cm³/mol.